The Balaban J connectivity index is 2.17. The normalized spacial score (nSPS) is 54.1. The molecule has 2 rings (SSSR count). The van der Waals surface area contributed by atoms with Gasteiger partial charge in [0.05, 0.1) is 5.60 Å². The first kappa shape index (κ1) is 13.4. The van der Waals surface area contributed by atoms with Gasteiger partial charge in [-0.3, -0.25) is 0 Å². The minimum atomic E-state index is -2.02. The van der Waals surface area contributed by atoms with Crippen molar-refractivity contribution < 1.29 is 9.30 Å². The van der Waals surface area contributed by atoms with E-state index >= 15 is 0 Å². The quantitative estimate of drug-likeness (QED) is 0.502. The predicted molar refractivity (Wildman–Crippen MR) is 77.5 cm³/mol. The lowest BCUT2D eigenvalue weighted by Gasteiger charge is -2.31. The molecular weight excluding hydrogens is 258 g/mol. The van der Waals surface area contributed by atoms with Crippen LogP contribution in [0.1, 0.15) is 20.3 Å². The highest BCUT2D eigenvalue weighted by molar-refractivity contribution is 8.90. The van der Waals surface area contributed by atoms with Crippen molar-refractivity contribution in [2.24, 2.45) is 11.8 Å². The lowest BCUT2D eigenvalue weighted by molar-refractivity contribution is -0.0134. The van der Waals surface area contributed by atoms with Crippen molar-refractivity contribution in [1.29, 1.82) is 0 Å². The summed E-state index contributed by atoms with van der Waals surface area (Å²) < 4.78 is 18.4. The van der Waals surface area contributed by atoms with Crippen LogP contribution in [0.25, 0.3) is 0 Å². The zero-order valence-electron chi connectivity index (χ0n) is 10.4. The van der Waals surface area contributed by atoms with Crippen LogP contribution in [0.2, 0.25) is 0 Å². The van der Waals surface area contributed by atoms with Crippen LogP contribution in [0, 0.1) is 11.8 Å². The van der Waals surface area contributed by atoms with Gasteiger partial charge in [0, 0.05) is 24.2 Å². The summed E-state index contributed by atoms with van der Waals surface area (Å²) in [6.07, 6.45) is 1.05. The van der Waals surface area contributed by atoms with Crippen LogP contribution in [0.4, 0.5) is 0 Å². The SMILES string of the molecule is B[C@@H]1O[C@@]2(CCSP(C)(=O)SC2)C(C)[C@@H]1C. The second-order valence-corrected chi connectivity index (χ2v) is 14.3. The van der Waals surface area contributed by atoms with Crippen molar-refractivity contribution >= 4 is 36.2 Å². The Kier molecular flexibility index (Phi) is 3.82. The van der Waals surface area contributed by atoms with Gasteiger partial charge >= 0.3 is 0 Å². The molecule has 6 heteroatoms. The van der Waals surface area contributed by atoms with Crippen LogP contribution < -0.4 is 0 Å². The van der Waals surface area contributed by atoms with Crippen LogP contribution in [-0.4, -0.2) is 37.6 Å². The van der Waals surface area contributed by atoms with E-state index in [2.05, 4.69) is 21.7 Å². The van der Waals surface area contributed by atoms with E-state index in [0.29, 0.717) is 17.8 Å². The maximum atomic E-state index is 12.1. The molecule has 2 saturated heterocycles. The van der Waals surface area contributed by atoms with E-state index in [1.54, 1.807) is 22.8 Å². The first-order valence-electron chi connectivity index (χ1n) is 5.91. The highest BCUT2D eigenvalue weighted by Gasteiger charge is 2.50. The van der Waals surface area contributed by atoms with E-state index < -0.39 is 5.55 Å². The molecule has 1 spiro atoms. The summed E-state index contributed by atoms with van der Waals surface area (Å²) in [5.41, 5.74) is -2.04. The van der Waals surface area contributed by atoms with Crippen molar-refractivity contribution in [2.75, 3.05) is 18.2 Å². The van der Waals surface area contributed by atoms with Gasteiger partial charge in [0.15, 0.2) is 5.55 Å². The van der Waals surface area contributed by atoms with E-state index in [9.17, 15) is 4.57 Å². The molecule has 0 radical (unpaired) electrons. The topological polar surface area (TPSA) is 26.3 Å². The molecule has 5 atom stereocenters. The average molecular weight is 278 g/mol. The third-order valence-electron chi connectivity index (χ3n) is 4.17. The molecule has 0 amide bonds. The third kappa shape index (κ3) is 2.38. The van der Waals surface area contributed by atoms with Gasteiger partial charge in [-0.2, -0.15) is 0 Å². The predicted octanol–water partition coefficient (Wildman–Crippen LogP) is 2.68. The van der Waals surface area contributed by atoms with E-state index in [1.807, 2.05) is 6.66 Å². The molecular formula is C10H20BO2PS2. The number of hydrogen-bond donors (Lipinski definition) is 0. The highest BCUT2D eigenvalue weighted by Crippen LogP contribution is 2.69. The number of ether oxygens (including phenoxy) is 1. The summed E-state index contributed by atoms with van der Waals surface area (Å²) in [7, 11) is 2.17. The fraction of sp³-hybridized carbons (Fsp3) is 1.00. The van der Waals surface area contributed by atoms with Gasteiger partial charge in [0.25, 0.3) is 0 Å². The molecule has 0 aliphatic carbocycles. The van der Waals surface area contributed by atoms with Gasteiger partial charge in [-0.15, -0.1) is 0 Å². The van der Waals surface area contributed by atoms with Gasteiger partial charge in [-0.25, -0.2) is 0 Å². The van der Waals surface area contributed by atoms with Crippen LogP contribution in [0.5, 0.6) is 0 Å². The largest absolute Gasteiger partial charge is 0.379 e. The Morgan fingerprint density at radius 3 is 2.69 bits per heavy atom. The first-order chi connectivity index (χ1) is 7.36. The Morgan fingerprint density at radius 1 is 1.44 bits per heavy atom. The molecule has 0 saturated carbocycles. The fourth-order valence-electron chi connectivity index (χ4n) is 2.64. The van der Waals surface area contributed by atoms with Gasteiger partial charge in [0.1, 0.15) is 7.85 Å². The zero-order valence-corrected chi connectivity index (χ0v) is 13.0. The number of rotatable bonds is 0. The summed E-state index contributed by atoms with van der Waals surface area (Å²) in [5, 5.41) is 0. The fourth-order valence-corrected chi connectivity index (χ4v) is 9.08. The molecule has 2 fully saturated rings. The summed E-state index contributed by atoms with van der Waals surface area (Å²) >= 11 is 3.28. The minimum absolute atomic E-state index is 0.0152. The highest BCUT2D eigenvalue weighted by atomic mass is 33.1. The second kappa shape index (κ2) is 4.57. The second-order valence-electron chi connectivity index (χ2n) is 5.16. The molecule has 0 aromatic heterocycles. The molecule has 0 aromatic rings. The average Bonchev–Trinajstić information content (AvgIpc) is 2.37. The Morgan fingerprint density at radius 2 is 2.12 bits per heavy atom. The Labute approximate surface area is 107 Å². The molecule has 0 N–H and O–H groups in total. The van der Waals surface area contributed by atoms with Gasteiger partial charge < -0.3 is 9.30 Å². The maximum absolute atomic E-state index is 12.1. The van der Waals surface area contributed by atoms with E-state index in [0.717, 1.165) is 17.9 Å². The zero-order chi connectivity index (χ0) is 12.0. The summed E-state index contributed by atoms with van der Waals surface area (Å²) in [5.74, 6) is 3.07. The third-order valence-corrected chi connectivity index (χ3v) is 11.8. The van der Waals surface area contributed by atoms with Crippen molar-refractivity contribution in [3.05, 3.63) is 0 Å². The monoisotopic (exact) mass is 278 g/mol. The van der Waals surface area contributed by atoms with Crippen molar-refractivity contribution in [3.8, 4) is 0 Å². The van der Waals surface area contributed by atoms with Gasteiger partial charge in [-0.1, -0.05) is 36.6 Å². The van der Waals surface area contributed by atoms with Crippen LogP contribution in [-0.2, 0) is 9.30 Å². The van der Waals surface area contributed by atoms with Crippen molar-refractivity contribution in [2.45, 2.75) is 31.9 Å². The van der Waals surface area contributed by atoms with Crippen LogP contribution in [0.15, 0.2) is 0 Å². The summed E-state index contributed by atoms with van der Waals surface area (Å²) in [6.45, 7) is 6.47. The summed E-state index contributed by atoms with van der Waals surface area (Å²) in [4.78, 5) is 0. The van der Waals surface area contributed by atoms with E-state index in [1.165, 1.54) is 0 Å². The minimum Gasteiger partial charge on any atom is -0.379 e. The molecule has 0 aromatic carbocycles. The lowest BCUT2D eigenvalue weighted by Crippen LogP contribution is -2.38. The molecule has 2 unspecified atom stereocenters. The molecule has 2 nitrogen and oxygen atoms in total. The molecule has 2 aliphatic heterocycles. The standard InChI is InChI=1S/C10H20BO2PS2/c1-7-8(2)10(13-9(7)11)4-5-15-14(3,12)16-6-10/h7-9H,4-6,11H2,1-3H3/t7-,8?,9+,10+,14?/m0/s1. The molecule has 0 bridgehead atoms. The van der Waals surface area contributed by atoms with Crippen LogP contribution >= 0.6 is 28.3 Å². The summed E-state index contributed by atoms with van der Waals surface area (Å²) in [6, 6.07) is 0.343. The Bertz CT molecular complexity index is 328. The molecule has 2 heterocycles. The molecule has 92 valence electrons. The first-order valence-corrected chi connectivity index (χ1v) is 11.2. The molecule has 2 aliphatic rings. The maximum Gasteiger partial charge on any atom is 0.188 e. The van der Waals surface area contributed by atoms with Gasteiger partial charge in [-0.05, 0) is 18.3 Å². The van der Waals surface area contributed by atoms with Crippen molar-refractivity contribution in [1.82, 2.24) is 0 Å². The van der Waals surface area contributed by atoms with Crippen LogP contribution in [0.3, 0.4) is 0 Å². The lowest BCUT2D eigenvalue weighted by atomic mass is 9.77. The Hall–Kier alpha value is 0.955. The molecule has 16 heavy (non-hydrogen) atoms. The van der Waals surface area contributed by atoms with Crippen molar-refractivity contribution in [3.63, 3.8) is 0 Å². The smallest absolute Gasteiger partial charge is 0.188 e. The van der Waals surface area contributed by atoms with Gasteiger partial charge in [0.2, 0.25) is 0 Å². The van der Waals surface area contributed by atoms with E-state index in [4.69, 9.17) is 4.74 Å². The number of hydrogen-bond acceptors (Lipinski definition) is 4. The van der Waals surface area contributed by atoms with E-state index in [-0.39, 0.29) is 5.60 Å².